The first-order chi connectivity index (χ1) is 10.7. The number of rotatable bonds is 3. The van der Waals surface area contributed by atoms with Crippen molar-refractivity contribution in [2.24, 2.45) is 0 Å². The third kappa shape index (κ3) is 3.47. The number of carbonyl (C=O) groups excluding carboxylic acids is 1. The van der Waals surface area contributed by atoms with Crippen LogP contribution in [0, 0.1) is 17.0 Å². The molecule has 23 heavy (non-hydrogen) atoms. The molecule has 2 aromatic rings. The lowest BCUT2D eigenvalue weighted by Crippen LogP contribution is -2.18. The quantitative estimate of drug-likeness (QED) is 0.680. The van der Waals surface area contributed by atoms with Gasteiger partial charge in [-0.05, 0) is 25.1 Å². The van der Waals surface area contributed by atoms with E-state index < -0.39 is 33.9 Å². The number of benzene rings is 2. The van der Waals surface area contributed by atoms with E-state index in [1.54, 1.807) is 18.2 Å². The highest BCUT2D eigenvalue weighted by atomic mass is 19.4. The fourth-order valence-corrected chi connectivity index (χ4v) is 2.11. The van der Waals surface area contributed by atoms with Crippen molar-refractivity contribution in [2.75, 3.05) is 5.32 Å². The summed E-state index contributed by atoms with van der Waals surface area (Å²) in [7, 11) is 0. The van der Waals surface area contributed by atoms with Crippen LogP contribution in [0.15, 0.2) is 42.5 Å². The van der Waals surface area contributed by atoms with E-state index in [-0.39, 0.29) is 11.1 Å². The Morgan fingerprint density at radius 2 is 1.74 bits per heavy atom. The molecule has 5 nitrogen and oxygen atoms in total. The average molecular weight is 324 g/mol. The van der Waals surface area contributed by atoms with Gasteiger partial charge in [-0.3, -0.25) is 14.9 Å². The molecule has 2 aromatic carbocycles. The van der Waals surface area contributed by atoms with Gasteiger partial charge in [0.05, 0.1) is 10.6 Å². The summed E-state index contributed by atoms with van der Waals surface area (Å²) in [6, 6.07) is 9.76. The van der Waals surface area contributed by atoms with Crippen LogP contribution in [0.1, 0.15) is 21.5 Å². The van der Waals surface area contributed by atoms with Crippen LogP contribution in [0.2, 0.25) is 0 Å². The molecule has 2 rings (SSSR count). The van der Waals surface area contributed by atoms with E-state index in [0.717, 1.165) is 12.1 Å². The first-order valence-electron chi connectivity index (χ1n) is 6.43. The standard InChI is InChI=1S/C15H11F3N2O3/c1-9-7-8-11(12(15(16,17)18)13(9)20(22)23)19-14(21)10-5-3-2-4-6-10/h2-8H,1H3,(H,19,21). The first kappa shape index (κ1) is 16.5. The largest absolute Gasteiger partial charge is 0.425 e. The van der Waals surface area contributed by atoms with Gasteiger partial charge >= 0.3 is 6.18 Å². The van der Waals surface area contributed by atoms with E-state index in [4.69, 9.17) is 0 Å². The summed E-state index contributed by atoms with van der Waals surface area (Å²) in [5, 5.41) is 13.1. The van der Waals surface area contributed by atoms with Gasteiger partial charge in [-0.1, -0.05) is 24.3 Å². The molecule has 0 saturated carbocycles. The Morgan fingerprint density at radius 3 is 2.26 bits per heavy atom. The van der Waals surface area contributed by atoms with Gasteiger partial charge in [-0.2, -0.15) is 13.2 Å². The molecule has 0 aliphatic carbocycles. The SMILES string of the molecule is Cc1ccc(NC(=O)c2ccccc2)c(C(F)(F)F)c1[N+](=O)[O-]. The monoisotopic (exact) mass is 324 g/mol. The number of nitrogens with zero attached hydrogens (tertiary/aromatic N) is 1. The van der Waals surface area contributed by atoms with Gasteiger partial charge in [0.25, 0.3) is 11.6 Å². The van der Waals surface area contributed by atoms with Gasteiger partial charge in [0, 0.05) is 11.1 Å². The predicted molar refractivity (Wildman–Crippen MR) is 77.2 cm³/mol. The van der Waals surface area contributed by atoms with Crippen molar-refractivity contribution >= 4 is 17.3 Å². The molecule has 0 atom stereocenters. The van der Waals surface area contributed by atoms with Crippen LogP contribution in [0.25, 0.3) is 0 Å². The van der Waals surface area contributed by atoms with Crippen LogP contribution in [0.4, 0.5) is 24.5 Å². The summed E-state index contributed by atoms with van der Waals surface area (Å²) < 4.78 is 39.7. The maximum Gasteiger partial charge on any atom is 0.425 e. The number of aryl methyl sites for hydroxylation is 1. The zero-order valence-electron chi connectivity index (χ0n) is 11.8. The molecule has 0 aromatic heterocycles. The molecule has 0 aliphatic heterocycles. The van der Waals surface area contributed by atoms with E-state index in [2.05, 4.69) is 5.32 Å². The normalized spacial score (nSPS) is 11.1. The van der Waals surface area contributed by atoms with Gasteiger partial charge in [0.15, 0.2) is 5.56 Å². The molecule has 120 valence electrons. The van der Waals surface area contributed by atoms with Crippen LogP contribution in [0.5, 0.6) is 0 Å². The number of halogens is 3. The second-order valence-electron chi connectivity index (χ2n) is 4.73. The lowest BCUT2D eigenvalue weighted by Gasteiger charge is -2.15. The molecule has 0 saturated heterocycles. The lowest BCUT2D eigenvalue weighted by atomic mass is 10.0. The molecule has 0 unspecified atom stereocenters. The Morgan fingerprint density at radius 1 is 1.13 bits per heavy atom. The number of nitro groups is 1. The molecule has 0 heterocycles. The Kier molecular flexibility index (Phi) is 4.35. The fraction of sp³-hybridized carbons (Fsp3) is 0.133. The Hall–Kier alpha value is -2.90. The Balaban J connectivity index is 2.53. The second-order valence-corrected chi connectivity index (χ2v) is 4.73. The minimum Gasteiger partial charge on any atom is -0.321 e. The third-order valence-corrected chi connectivity index (χ3v) is 3.13. The van der Waals surface area contributed by atoms with Gasteiger partial charge in [0.2, 0.25) is 0 Å². The van der Waals surface area contributed by atoms with E-state index in [1.165, 1.54) is 19.1 Å². The van der Waals surface area contributed by atoms with Crippen LogP contribution < -0.4 is 5.32 Å². The Bertz CT molecular complexity index is 759. The van der Waals surface area contributed by atoms with Crippen molar-refractivity contribution in [2.45, 2.75) is 13.1 Å². The summed E-state index contributed by atoms with van der Waals surface area (Å²) in [6.45, 7) is 1.20. The number of carbonyl (C=O) groups is 1. The van der Waals surface area contributed by atoms with Crippen LogP contribution in [-0.4, -0.2) is 10.8 Å². The van der Waals surface area contributed by atoms with Crippen LogP contribution in [-0.2, 0) is 6.18 Å². The molecule has 0 fully saturated rings. The molecular weight excluding hydrogens is 313 g/mol. The first-order valence-corrected chi connectivity index (χ1v) is 6.43. The number of hydrogen-bond donors (Lipinski definition) is 1. The number of anilines is 1. The third-order valence-electron chi connectivity index (χ3n) is 3.13. The summed E-state index contributed by atoms with van der Waals surface area (Å²) in [5.41, 5.74) is -3.18. The number of hydrogen-bond acceptors (Lipinski definition) is 3. The summed E-state index contributed by atoms with van der Waals surface area (Å²) in [4.78, 5) is 21.9. The van der Waals surface area contributed by atoms with E-state index in [1.807, 2.05) is 0 Å². The average Bonchev–Trinajstić information content (AvgIpc) is 2.48. The smallest absolute Gasteiger partial charge is 0.321 e. The molecule has 8 heteroatoms. The molecule has 1 amide bonds. The molecule has 0 spiro atoms. The van der Waals surface area contributed by atoms with Gasteiger partial charge in [-0.25, -0.2) is 0 Å². The Labute approximate surface area is 128 Å². The summed E-state index contributed by atoms with van der Waals surface area (Å²) >= 11 is 0. The minimum atomic E-state index is -4.98. The van der Waals surface area contributed by atoms with Gasteiger partial charge < -0.3 is 5.32 Å². The minimum absolute atomic E-state index is 0.139. The molecule has 0 bridgehead atoms. The van der Waals surface area contributed by atoms with E-state index in [9.17, 15) is 28.1 Å². The van der Waals surface area contributed by atoms with Crippen molar-refractivity contribution in [3.05, 3.63) is 69.3 Å². The molecule has 0 radical (unpaired) electrons. The van der Waals surface area contributed by atoms with Crippen molar-refractivity contribution in [1.29, 1.82) is 0 Å². The number of nitro benzene ring substituents is 1. The maximum absolute atomic E-state index is 13.2. The van der Waals surface area contributed by atoms with Crippen molar-refractivity contribution in [3.63, 3.8) is 0 Å². The lowest BCUT2D eigenvalue weighted by molar-refractivity contribution is -0.388. The highest BCUT2D eigenvalue weighted by Crippen LogP contribution is 2.42. The second kappa shape index (κ2) is 6.07. The molecular formula is C15H11F3N2O3. The van der Waals surface area contributed by atoms with E-state index in [0.29, 0.717) is 0 Å². The predicted octanol–water partition coefficient (Wildman–Crippen LogP) is 4.17. The zero-order valence-corrected chi connectivity index (χ0v) is 11.8. The fourth-order valence-electron chi connectivity index (χ4n) is 2.11. The van der Waals surface area contributed by atoms with Crippen LogP contribution in [0.3, 0.4) is 0 Å². The van der Waals surface area contributed by atoms with Gasteiger partial charge in [0.1, 0.15) is 0 Å². The summed E-state index contributed by atoms with van der Waals surface area (Å²) in [6.07, 6.45) is -4.98. The van der Waals surface area contributed by atoms with Crippen molar-refractivity contribution < 1.29 is 22.9 Å². The molecule has 0 aliphatic rings. The topological polar surface area (TPSA) is 72.2 Å². The highest BCUT2D eigenvalue weighted by molar-refractivity contribution is 6.05. The highest BCUT2D eigenvalue weighted by Gasteiger charge is 2.42. The molecule has 1 N–H and O–H groups in total. The van der Waals surface area contributed by atoms with E-state index >= 15 is 0 Å². The maximum atomic E-state index is 13.2. The number of nitrogens with one attached hydrogen (secondary N) is 1. The zero-order chi connectivity index (χ0) is 17.2. The van der Waals surface area contributed by atoms with Crippen molar-refractivity contribution in [3.8, 4) is 0 Å². The number of amides is 1. The van der Waals surface area contributed by atoms with Crippen molar-refractivity contribution in [1.82, 2.24) is 0 Å². The summed E-state index contributed by atoms with van der Waals surface area (Å²) in [5.74, 6) is -0.783. The van der Waals surface area contributed by atoms with Gasteiger partial charge in [-0.15, -0.1) is 0 Å². The number of alkyl halides is 3. The van der Waals surface area contributed by atoms with Crippen LogP contribution >= 0.6 is 0 Å².